The number of nitro benzene ring substituents is 1. The third kappa shape index (κ3) is 4.14. The molecule has 0 spiro atoms. The summed E-state index contributed by atoms with van der Waals surface area (Å²) >= 11 is 0. The number of nitrogens with one attached hydrogen (secondary N) is 1. The Hall–Kier alpha value is -3.35. The highest BCUT2D eigenvalue weighted by molar-refractivity contribution is 5.92. The lowest BCUT2D eigenvalue weighted by molar-refractivity contribution is -0.385. The summed E-state index contributed by atoms with van der Waals surface area (Å²) in [6.07, 6.45) is 2.71. The summed E-state index contributed by atoms with van der Waals surface area (Å²) in [5.41, 5.74) is 1.21. The molecule has 0 aromatic heterocycles. The molecule has 1 aliphatic rings. The first kappa shape index (κ1) is 16.5. The molecular formula is C18H16N2O5. The minimum atomic E-state index is -0.479. The first-order chi connectivity index (χ1) is 12.1. The predicted molar refractivity (Wildman–Crippen MR) is 91.4 cm³/mol. The Morgan fingerprint density at radius 2 is 1.92 bits per heavy atom. The summed E-state index contributed by atoms with van der Waals surface area (Å²) in [7, 11) is 0. The van der Waals surface area contributed by atoms with Crippen molar-refractivity contribution >= 4 is 17.7 Å². The van der Waals surface area contributed by atoms with E-state index in [1.807, 2.05) is 12.1 Å². The van der Waals surface area contributed by atoms with Crippen LogP contribution in [0.4, 0.5) is 5.69 Å². The monoisotopic (exact) mass is 340 g/mol. The van der Waals surface area contributed by atoms with Crippen LogP contribution in [0.2, 0.25) is 0 Å². The number of fused-ring (bicyclic) bond motifs is 1. The highest BCUT2D eigenvalue weighted by Gasteiger charge is 2.12. The molecule has 1 heterocycles. The Labute approximate surface area is 144 Å². The molecular weight excluding hydrogens is 324 g/mol. The molecule has 0 atom stereocenters. The van der Waals surface area contributed by atoms with Crippen molar-refractivity contribution in [2.75, 3.05) is 13.2 Å². The third-order valence-corrected chi connectivity index (χ3v) is 3.62. The van der Waals surface area contributed by atoms with Gasteiger partial charge in [0.1, 0.15) is 13.2 Å². The van der Waals surface area contributed by atoms with Crippen molar-refractivity contribution < 1.29 is 19.2 Å². The number of benzene rings is 2. The van der Waals surface area contributed by atoms with Crippen LogP contribution in [0.25, 0.3) is 6.08 Å². The van der Waals surface area contributed by atoms with Crippen LogP contribution in [0.5, 0.6) is 11.5 Å². The average molecular weight is 340 g/mol. The Kier molecular flexibility index (Phi) is 4.94. The molecule has 1 aliphatic heterocycles. The van der Waals surface area contributed by atoms with Crippen molar-refractivity contribution in [2.45, 2.75) is 6.54 Å². The summed E-state index contributed by atoms with van der Waals surface area (Å²) < 4.78 is 10.9. The van der Waals surface area contributed by atoms with Crippen molar-refractivity contribution in [2.24, 2.45) is 0 Å². The number of hydrogen-bond acceptors (Lipinski definition) is 5. The third-order valence-electron chi connectivity index (χ3n) is 3.62. The molecule has 7 nitrogen and oxygen atoms in total. The molecule has 3 rings (SSSR count). The lowest BCUT2D eigenvalue weighted by Crippen LogP contribution is -2.21. The fourth-order valence-corrected chi connectivity index (χ4v) is 2.41. The maximum Gasteiger partial charge on any atom is 0.276 e. The number of nitrogens with zero attached hydrogens (tertiary/aromatic N) is 1. The zero-order valence-corrected chi connectivity index (χ0v) is 13.3. The van der Waals surface area contributed by atoms with Gasteiger partial charge in [-0.1, -0.05) is 18.2 Å². The first-order valence-electron chi connectivity index (χ1n) is 7.71. The number of ether oxygens (including phenoxy) is 2. The summed E-state index contributed by atoms with van der Waals surface area (Å²) in [5.74, 6) is 1.01. The quantitative estimate of drug-likeness (QED) is 0.513. The molecule has 0 bridgehead atoms. The lowest BCUT2D eigenvalue weighted by atomic mass is 10.1. The minimum absolute atomic E-state index is 0.0432. The van der Waals surface area contributed by atoms with Crippen molar-refractivity contribution in [1.82, 2.24) is 5.32 Å². The zero-order chi connectivity index (χ0) is 17.6. The van der Waals surface area contributed by atoms with Gasteiger partial charge in [-0.3, -0.25) is 14.9 Å². The van der Waals surface area contributed by atoms with Crippen LogP contribution in [0.1, 0.15) is 11.1 Å². The standard InChI is InChI=1S/C18H16N2O5/c21-18(8-6-14-3-1-2-4-15(14)20(22)23)19-12-13-5-7-16-17(11-13)25-10-9-24-16/h1-8,11H,9-10,12H2,(H,19,21)/b8-6+. The van der Waals surface area contributed by atoms with E-state index in [2.05, 4.69) is 5.32 Å². The lowest BCUT2D eigenvalue weighted by Gasteiger charge is -2.18. The van der Waals surface area contributed by atoms with Crippen LogP contribution in [0, 0.1) is 10.1 Å². The van der Waals surface area contributed by atoms with Gasteiger partial charge in [-0.25, -0.2) is 0 Å². The van der Waals surface area contributed by atoms with E-state index in [4.69, 9.17) is 9.47 Å². The van der Waals surface area contributed by atoms with Gasteiger partial charge < -0.3 is 14.8 Å². The Bertz CT molecular complexity index is 832. The van der Waals surface area contributed by atoms with Gasteiger partial charge in [-0.05, 0) is 29.8 Å². The number of carbonyl (C=O) groups excluding carboxylic acids is 1. The van der Waals surface area contributed by atoms with Gasteiger partial charge >= 0.3 is 0 Å². The van der Waals surface area contributed by atoms with Crippen LogP contribution < -0.4 is 14.8 Å². The van der Waals surface area contributed by atoms with Crippen LogP contribution >= 0.6 is 0 Å². The topological polar surface area (TPSA) is 90.7 Å². The molecule has 0 saturated heterocycles. The molecule has 25 heavy (non-hydrogen) atoms. The SMILES string of the molecule is O=C(/C=C/c1ccccc1[N+](=O)[O-])NCc1ccc2c(c1)OCCO2. The van der Waals surface area contributed by atoms with E-state index < -0.39 is 4.92 Å². The summed E-state index contributed by atoms with van der Waals surface area (Å²) in [5, 5.41) is 13.7. The highest BCUT2D eigenvalue weighted by Crippen LogP contribution is 2.30. The van der Waals surface area contributed by atoms with Gasteiger partial charge in [0, 0.05) is 18.7 Å². The second kappa shape index (κ2) is 7.48. The van der Waals surface area contributed by atoms with E-state index in [1.165, 1.54) is 18.2 Å². The molecule has 0 saturated carbocycles. The van der Waals surface area contributed by atoms with Gasteiger partial charge in [0.25, 0.3) is 5.69 Å². The first-order valence-corrected chi connectivity index (χ1v) is 7.71. The Morgan fingerprint density at radius 3 is 2.72 bits per heavy atom. The molecule has 0 unspecified atom stereocenters. The second-order valence-corrected chi connectivity index (χ2v) is 5.35. The molecule has 2 aromatic carbocycles. The molecule has 0 fully saturated rings. The predicted octanol–water partition coefficient (Wildman–Crippen LogP) is 2.70. The van der Waals surface area contributed by atoms with Crippen molar-refractivity contribution in [1.29, 1.82) is 0 Å². The number of para-hydroxylation sites is 1. The molecule has 2 aromatic rings. The van der Waals surface area contributed by atoms with E-state index in [1.54, 1.807) is 24.3 Å². The smallest absolute Gasteiger partial charge is 0.276 e. The van der Waals surface area contributed by atoms with E-state index in [9.17, 15) is 14.9 Å². The summed E-state index contributed by atoms with van der Waals surface area (Å²) in [4.78, 5) is 22.4. The molecule has 0 aliphatic carbocycles. The zero-order valence-electron chi connectivity index (χ0n) is 13.3. The fourth-order valence-electron chi connectivity index (χ4n) is 2.41. The number of carbonyl (C=O) groups is 1. The number of rotatable bonds is 5. The summed E-state index contributed by atoms with van der Waals surface area (Å²) in [6.45, 7) is 1.34. The van der Waals surface area contributed by atoms with Crippen molar-refractivity contribution in [3.63, 3.8) is 0 Å². The van der Waals surface area contributed by atoms with E-state index >= 15 is 0 Å². The maximum absolute atomic E-state index is 11.9. The van der Waals surface area contributed by atoms with Gasteiger partial charge in [-0.15, -0.1) is 0 Å². The van der Waals surface area contributed by atoms with Crippen LogP contribution in [-0.4, -0.2) is 24.0 Å². The van der Waals surface area contributed by atoms with Crippen LogP contribution in [0.15, 0.2) is 48.5 Å². The average Bonchev–Trinajstić information content (AvgIpc) is 2.64. The van der Waals surface area contributed by atoms with Crippen LogP contribution in [-0.2, 0) is 11.3 Å². The van der Waals surface area contributed by atoms with Gasteiger partial charge in [0.05, 0.1) is 10.5 Å². The summed E-state index contributed by atoms with van der Waals surface area (Å²) in [6, 6.07) is 11.7. The minimum Gasteiger partial charge on any atom is -0.486 e. The Balaban J connectivity index is 1.61. The fraction of sp³-hybridized carbons (Fsp3) is 0.167. The van der Waals surface area contributed by atoms with Gasteiger partial charge in [-0.2, -0.15) is 0 Å². The molecule has 0 radical (unpaired) electrons. The maximum atomic E-state index is 11.9. The van der Waals surface area contributed by atoms with E-state index in [0.717, 1.165) is 5.56 Å². The number of hydrogen-bond donors (Lipinski definition) is 1. The van der Waals surface area contributed by atoms with Gasteiger partial charge in [0.2, 0.25) is 5.91 Å². The van der Waals surface area contributed by atoms with E-state index in [0.29, 0.717) is 36.8 Å². The highest BCUT2D eigenvalue weighted by atomic mass is 16.6. The van der Waals surface area contributed by atoms with Crippen LogP contribution in [0.3, 0.4) is 0 Å². The van der Waals surface area contributed by atoms with Gasteiger partial charge in [0.15, 0.2) is 11.5 Å². The molecule has 1 amide bonds. The van der Waals surface area contributed by atoms with E-state index in [-0.39, 0.29) is 11.6 Å². The molecule has 1 N–H and O–H groups in total. The number of nitro groups is 1. The second-order valence-electron chi connectivity index (χ2n) is 5.35. The normalized spacial score (nSPS) is 12.8. The largest absolute Gasteiger partial charge is 0.486 e. The molecule has 7 heteroatoms. The van der Waals surface area contributed by atoms with Crippen molar-refractivity contribution in [3.8, 4) is 11.5 Å². The molecule has 128 valence electrons. The van der Waals surface area contributed by atoms with Crippen molar-refractivity contribution in [3.05, 3.63) is 69.8 Å². The Morgan fingerprint density at radius 1 is 1.16 bits per heavy atom. The number of amides is 1.